The van der Waals surface area contributed by atoms with Crippen molar-refractivity contribution in [3.63, 3.8) is 0 Å². The average Bonchev–Trinajstić information content (AvgIpc) is 2.53. The molecular weight excluding hydrogens is 271 g/mol. The van der Waals surface area contributed by atoms with Crippen LogP contribution >= 0.6 is 0 Å². The Bertz CT molecular complexity index is 720. The fraction of sp³-hybridized carbons (Fsp3) is 0.125. The molecule has 0 fully saturated rings. The monoisotopic (exact) mass is 284 g/mol. The van der Waals surface area contributed by atoms with Crippen LogP contribution in [0.3, 0.4) is 0 Å². The highest BCUT2D eigenvalue weighted by molar-refractivity contribution is 6.00. The van der Waals surface area contributed by atoms with Crippen LogP contribution in [0.5, 0.6) is 5.75 Å². The number of nitrogens with zero attached hydrogens (tertiary/aromatic N) is 2. The molecule has 0 aliphatic heterocycles. The normalized spacial score (nSPS) is 11.0. The predicted octanol–water partition coefficient (Wildman–Crippen LogP) is 3.47. The van der Waals surface area contributed by atoms with Gasteiger partial charge in [-0.3, -0.25) is 0 Å². The molecule has 0 radical (unpaired) electrons. The summed E-state index contributed by atoms with van der Waals surface area (Å²) >= 11 is 0. The summed E-state index contributed by atoms with van der Waals surface area (Å²) in [5.41, 5.74) is 2.01. The first-order valence-corrected chi connectivity index (χ1v) is 6.24. The van der Waals surface area contributed by atoms with Crippen molar-refractivity contribution in [2.75, 3.05) is 0 Å². The molecule has 2 rings (SSSR count). The Hall–Kier alpha value is -2.87. The number of oxime groups is 1. The van der Waals surface area contributed by atoms with Crippen molar-refractivity contribution in [2.45, 2.75) is 13.5 Å². The van der Waals surface area contributed by atoms with Crippen molar-refractivity contribution in [2.24, 2.45) is 5.16 Å². The van der Waals surface area contributed by atoms with E-state index in [9.17, 15) is 4.39 Å². The van der Waals surface area contributed by atoms with E-state index in [0.717, 1.165) is 5.56 Å². The summed E-state index contributed by atoms with van der Waals surface area (Å²) in [6.07, 6.45) is 0. The molecule has 4 nitrogen and oxygen atoms in total. The number of hydrogen-bond acceptors (Lipinski definition) is 4. The Balaban J connectivity index is 2.22. The molecule has 0 bridgehead atoms. The molecule has 1 N–H and O–H groups in total. The maximum absolute atomic E-state index is 13.3. The summed E-state index contributed by atoms with van der Waals surface area (Å²) < 4.78 is 18.9. The van der Waals surface area contributed by atoms with E-state index in [2.05, 4.69) is 11.2 Å². The van der Waals surface area contributed by atoms with E-state index in [1.54, 1.807) is 25.1 Å². The summed E-state index contributed by atoms with van der Waals surface area (Å²) in [7, 11) is 0. The van der Waals surface area contributed by atoms with E-state index >= 15 is 0 Å². The number of hydrogen-bond donors (Lipinski definition) is 1. The molecule has 2 aromatic rings. The summed E-state index contributed by atoms with van der Waals surface area (Å²) in [6.45, 7) is 1.78. The van der Waals surface area contributed by atoms with Gasteiger partial charge in [-0.05, 0) is 42.8 Å². The van der Waals surface area contributed by atoms with Gasteiger partial charge in [0.05, 0.1) is 17.3 Å². The standard InChI is InChI=1S/C16H13FN2O2/c1-11(19-20)15-8-14(17)5-6-16(15)21-10-13-4-2-3-12(7-13)9-18/h2-8,20H,10H2,1H3/b19-11-. The lowest BCUT2D eigenvalue weighted by Crippen LogP contribution is -2.03. The smallest absolute Gasteiger partial charge is 0.129 e. The Labute approximate surface area is 121 Å². The zero-order chi connectivity index (χ0) is 15.2. The lowest BCUT2D eigenvalue weighted by atomic mass is 10.1. The van der Waals surface area contributed by atoms with Gasteiger partial charge < -0.3 is 9.94 Å². The molecule has 0 amide bonds. The first-order chi connectivity index (χ1) is 10.1. The van der Waals surface area contributed by atoms with Crippen LogP contribution in [0.1, 0.15) is 23.6 Å². The lowest BCUT2D eigenvalue weighted by molar-refractivity contribution is 0.303. The maximum Gasteiger partial charge on any atom is 0.129 e. The van der Waals surface area contributed by atoms with E-state index < -0.39 is 5.82 Å². The Morgan fingerprint density at radius 3 is 2.86 bits per heavy atom. The third-order valence-electron chi connectivity index (χ3n) is 2.93. The number of halogens is 1. The van der Waals surface area contributed by atoms with Gasteiger partial charge in [-0.25, -0.2) is 4.39 Å². The van der Waals surface area contributed by atoms with Gasteiger partial charge in [0.2, 0.25) is 0 Å². The van der Waals surface area contributed by atoms with Gasteiger partial charge >= 0.3 is 0 Å². The second kappa shape index (κ2) is 6.53. The topological polar surface area (TPSA) is 65.6 Å². The van der Waals surface area contributed by atoms with Gasteiger partial charge in [-0.15, -0.1) is 0 Å². The molecule has 21 heavy (non-hydrogen) atoms. The van der Waals surface area contributed by atoms with Crippen LogP contribution in [-0.2, 0) is 6.61 Å². The molecular formula is C16H13FN2O2. The van der Waals surface area contributed by atoms with Crippen LogP contribution in [0.4, 0.5) is 4.39 Å². The fourth-order valence-corrected chi connectivity index (χ4v) is 1.86. The molecule has 0 aromatic heterocycles. The second-order valence-electron chi connectivity index (χ2n) is 4.43. The highest BCUT2D eigenvalue weighted by Gasteiger charge is 2.09. The quantitative estimate of drug-likeness (QED) is 0.531. The van der Waals surface area contributed by atoms with E-state index in [4.69, 9.17) is 15.2 Å². The SMILES string of the molecule is C/C(=N/O)c1cc(F)ccc1OCc1cccc(C#N)c1. The van der Waals surface area contributed by atoms with Crippen molar-refractivity contribution in [3.05, 3.63) is 65.0 Å². The third kappa shape index (κ3) is 3.57. The minimum Gasteiger partial charge on any atom is -0.488 e. The van der Waals surface area contributed by atoms with Gasteiger partial charge in [-0.1, -0.05) is 17.3 Å². The molecule has 0 aliphatic rings. The first-order valence-electron chi connectivity index (χ1n) is 6.24. The van der Waals surface area contributed by atoms with Gasteiger partial charge in [0.1, 0.15) is 18.2 Å². The fourth-order valence-electron chi connectivity index (χ4n) is 1.86. The summed E-state index contributed by atoms with van der Waals surface area (Å²) in [5.74, 6) is -0.0270. The van der Waals surface area contributed by atoms with Gasteiger partial charge in [0.25, 0.3) is 0 Å². The number of nitriles is 1. The van der Waals surface area contributed by atoms with Crippen molar-refractivity contribution in [1.29, 1.82) is 5.26 Å². The third-order valence-corrected chi connectivity index (χ3v) is 2.93. The molecule has 2 aromatic carbocycles. The summed E-state index contributed by atoms with van der Waals surface area (Å²) in [4.78, 5) is 0. The predicted molar refractivity (Wildman–Crippen MR) is 75.9 cm³/mol. The highest BCUT2D eigenvalue weighted by atomic mass is 19.1. The van der Waals surface area contributed by atoms with Crippen molar-refractivity contribution in [3.8, 4) is 11.8 Å². The van der Waals surface area contributed by atoms with Crippen LogP contribution in [0.25, 0.3) is 0 Å². The van der Waals surface area contributed by atoms with Crippen molar-refractivity contribution >= 4 is 5.71 Å². The van der Waals surface area contributed by atoms with Crippen molar-refractivity contribution in [1.82, 2.24) is 0 Å². The van der Waals surface area contributed by atoms with Crippen LogP contribution < -0.4 is 4.74 Å². The number of rotatable bonds is 4. The van der Waals surface area contributed by atoms with E-state index in [1.165, 1.54) is 18.2 Å². The molecule has 106 valence electrons. The molecule has 0 saturated carbocycles. The number of benzene rings is 2. The summed E-state index contributed by atoms with van der Waals surface area (Å²) in [5, 5.41) is 20.8. The van der Waals surface area contributed by atoms with Crippen LogP contribution in [0, 0.1) is 17.1 Å². The molecule has 0 heterocycles. The molecule has 0 unspecified atom stereocenters. The van der Waals surface area contributed by atoms with Crippen LogP contribution in [0.2, 0.25) is 0 Å². The Kier molecular flexibility index (Phi) is 4.52. The van der Waals surface area contributed by atoms with Gasteiger partial charge in [-0.2, -0.15) is 5.26 Å². The molecule has 0 aliphatic carbocycles. The minimum atomic E-state index is -0.438. The lowest BCUT2D eigenvalue weighted by Gasteiger charge is -2.11. The summed E-state index contributed by atoms with van der Waals surface area (Å²) in [6, 6.07) is 13.1. The second-order valence-corrected chi connectivity index (χ2v) is 4.43. The van der Waals surface area contributed by atoms with Gasteiger partial charge in [0, 0.05) is 5.56 Å². The minimum absolute atomic E-state index is 0.229. The largest absolute Gasteiger partial charge is 0.488 e. The molecule has 0 spiro atoms. The van der Waals surface area contributed by atoms with E-state index in [1.807, 2.05) is 6.07 Å². The molecule has 0 atom stereocenters. The zero-order valence-electron chi connectivity index (χ0n) is 11.4. The van der Waals surface area contributed by atoms with Crippen LogP contribution in [-0.4, -0.2) is 10.9 Å². The molecule has 5 heteroatoms. The maximum atomic E-state index is 13.3. The van der Waals surface area contributed by atoms with E-state index in [0.29, 0.717) is 16.9 Å². The number of ether oxygens (including phenoxy) is 1. The Morgan fingerprint density at radius 2 is 2.14 bits per heavy atom. The van der Waals surface area contributed by atoms with Crippen LogP contribution in [0.15, 0.2) is 47.6 Å². The van der Waals surface area contributed by atoms with Gasteiger partial charge in [0.15, 0.2) is 0 Å². The van der Waals surface area contributed by atoms with Crippen molar-refractivity contribution < 1.29 is 14.3 Å². The zero-order valence-corrected chi connectivity index (χ0v) is 11.4. The highest BCUT2D eigenvalue weighted by Crippen LogP contribution is 2.22. The first kappa shape index (κ1) is 14.5. The average molecular weight is 284 g/mol. The van der Waals surface area contributed by atoms with E-state index in [-0.39, 0.29) is 12.3 Å². The molecule has 0 saturated heterocycles. The Morgan fingerprint density at radius 1 is 1.33 bits per heavy atom.